The summed E-state index contributed by atoms with van der Waals surface area (Å²) < 4.78 is 16.0. The Morgan fingerprint density at radius 2 is 2.06 bits per heavy atom. The number of H-pyrrole nitrogens is 2. The number of nitrogens with zero attached hydrogens (tertiary/aromatic N) is 2. The maximum Gasteiger partial charge on any atom is 0.353 e. The van der Waals surface area contributed by atoms with Gasteiger partial charge in [0.15, 0.2) is 0 Å². The smallest absolute Gasteiger partial charge is 0.353 e. The molecule has 32 heavy (non-hydrogen) atoms. The zero-order chi connectivity index (χ0) is 22.6. The Balaban J connectivity index is 1.85. The van der Waals surface area contributed by atoms with Gasteiger partial charge in [0.1, 0.15) is 11.5 Å². The predicted molar refractivity (Wildman–Crippen MR) is 120 cm³/mol. The number of hydrogen-bond donors (Lipinski definition) is 3. The molecular formula is C23H16ClFN4O3. The average Bonchev–Trinajstić information content (AvgIpc) is 3.31. The Labute approximate surface area is 185 Å². The van der Waals surface area contributed by atoms with Crippen LogP contribution in [0.3, 0.4) is 0 Å². The minimum absolute atomic E-state index is 0.0486. The van der Waals surface area contributed by atoms with Crippen LogP contribution in [0.4, 0.5) is 4.39 Å². The van der Waals surface area contributed by atoms with Crippen molar-refractivity contribution in [2.45, 2.75) is 13.5 Å². The van der Waals surface area contributed by atoms with E-state index in [1.54, 1.807) is 37.3 Å². The Bertz CT molecular complexity index is 1600. The molecule has 0 aliphatic rings. The SMILES string of the molecule is Cc1cc2c(-c3ccc[nH]c3=O)c(C(=O)O)n(Cc3cc4nc[nH]c4cc3Cl)c2cc1F. The van der Waals surface area contributed by atoms with Crippen molar-refractivity contribution in [1.29, 1.82) is 0 Å². The van der Waals surface area contributed by atoms with E-state index in [0.717, 1.165) is 5.52 Å². The highest BCUT2D eigenvalue weighted by Gasteiger charge is 2.26. The van der Waals surface area contributed by atoms with Crippen molar-refractivity contribution in [3.05, 3.63) is 86.9 Å². The molecule has 0 unspecified atom stereocenters. The first kappa shape index (κ1) is 20.0. The van der Waals surface area contributed by atoms with Gasteiger partial charge in [-0.15, -0.1) is 0 Å². The van der Waals surface area contributed by atoms with Crippen LogP contribution in [0.5, 0.6) is 0 Å². The number of aromatic carboxylic acids is 1. The van der Waals surface area contributed by atoms with Crippen LogP contribution in [0.2, 0.25) is 5.02 Å². The lowest BCUT2D eigenvalue weighted by Crippen LogP contribution is -2.13. The van der Waals surface area contributed by atoms with E-state index < -0.39 is 17.3 Å². The molecule has 5 rings (SSSR count). The second-order valence-corrected chi connectivity index (χ2v) is 7.92. The summed E-state index contributed by atoms with van der Waals surface area (Å²) in [5.74, 6) is -1.72. The Hall–Kier alpha value is -3.91. The van der Waals surface area contributed by atoms with Gasteiger partial charge in [0.25, 0.3) is 5.56 Å². The van der Waals surface area contributed by atoms with Crippen molar-refractivity contribution < 1.29 is 14.3 Å². The molecule has 0 bridgehead atoms. The number of imidazole rings is 1. The van der Waals surface area contributed by atoms with Gasteiger partial charge in [-0.2, -0.15) is 0 Å². The molecule has 3 aromatic heterocycles. The van der Waals surface area contributed by atoms with Crippen molar-refractivity contribution in [3.63, 3.8) is 0 Å². The highest BCUT2D eigenvalue weighted by atomic mass is 35.5. The summed E-state index contributed by atoms with van der Waals surface area (Å²) in [7, 11) is 0. The number of benzene rings is 2. The maximum absolute atomic E-state index is 14.6. The van der Waals surface area contributed by atoms with Crippen molar-refractivity contribution in [2.75, 3.05) is 0 Å². The molecule has 0 saturated heterocycles. The lowest BCUT2D eigenvalue weighted by atomic mass is 10.0. The number of rotatable bonds is 4. The molecule has 9 heteroatoms. The second kappa shape index (κ2) is 7.35. The molecule has 3 N–H and O–H groups in total. The van der Waals surface area contributed by atoms with Gasteiger partial charge < -0.3 is 19.6 Å². The normalized spacial score (nSPS) is 11.5. The maximum atomic E-state index is 14.6. The summed E-state index contributed by atoms with van der Waals surface area (Å²) in [6.07, 6.45) is 3.01. The number of aromatic nitrogens is 4. The monoisotopic (exact) mass is 450 g/mol. The number of carboxylic acids is 1. The van der Waals surface area contributed by atoms with Crippen molar-refractivity contribution in [1.82, 2.24) is 19.5 Å². The molecule has 5 aromatic rings. The molecular weight excluding hydrogens is 435 g/mol. The third-order valence-electron chi connectivity index (χ3n) is 5.55. The van der Waals surface area contributed by atoms with Crippen LogP contribution < -0.4 is 5.56 Å². The van der Waals surface area contributed by atoms with Gasteiger partial charge in [0.2, 0.25) is 0 Å². The summed E-state index contributed by atoms with van der Waals surface area (Å²) in [4.78, 5) is 34.8. The summed E-state index contributed by atoms with van der Waals surface area (Å²) in [6, 6.07) is 9.48. The van der Waals surface area contributed by atoms with E-state index in [1.165, 1.54) is 23.2 Å². The third-order valence-corrected chi connectivity index (χ3v) is 5.90. The van der Waals surface area contributed by atoms with Crippen molar-refractivity contribution in [3.8, 4) is 11.1 Å². The summed E-state index contributed by atoms with van der Waals surface area (Å²) in [5, 5.41) is 11.0. The van der Waals surface area contributed by atoms with E-state index in [9.17, 15) is 19.1 Å². The van der Waals surface area contributed by atoms with Gasteiger partial charge in [0, 0.05) is 34.3 Å². The number of carboxylic acid groups (broad SMARTS) is 1. The molecule has 160 valence electrons. The van der Waals surface area contributed by atoms with Crippen LogP contribution in [0, 0.1) is 12.7 Å². The topological polar surface area (TPSA) is 104 Å². The molecule has 0 fully saturated rings. The second-order valence-electron chi connectivity index (χ2n) is 7.51. The third kappa shape index (κ3) is 3.07. The van der Waals surface area contributed by atoms with Gasteiger partial charge in [0.05, 0.1) is 22.9 Å². The van der Waals surface area contributed by atoms with Crippen LogP contribution in [0.15, 0.2) is 53.7 Å². The van der Waals surface area contributed by atoms with E-state index >= 15 is 0 Å². The molecule has 0 aliphatic carbocycles. The molecule has 2 aromatic carbocycles. The Morgan fingerprint density at radius 1 is 1.25 bits per heavy atom. The minimum Gasteiger partial charge on any atom is -0.477 e. The molecule has 0 saturated carbocycles. The van der Waals surface area contributed by atoms with E-state index in [-0.39, 0.29) is 23.4 Å². The van der Waals surface area contributed by atoms with Crippen LogP contribution >= 0.6 is 11.6 Å². The van der Waals surface area contributed by atoms with Crippen LogP contribution in [-0.4, -0.2) is 30.6 Å². The van der Waals surface area contributed by atoms with Gasteiger partial charge >= 0.3 is 5.97 Å². The standard InChI is InChI=1S/C23H16ClFN4O3/c1-11-5-14-19(8-16(11)25)29(9-12-6-17-18(7-15(12)24)28-10-27-17)21(23(31)32)20(14)13-3-2-4-26-22(13)30/h2-8,10H,9H2,1H3,(H,26,30)(H,27,28)(H,31,32). The zero-order valence-electron chi connectivity index (χ0n) is 16.7. The lowest BCUT2D eigenvalue weighted by molar-refractivity contribution is 0.0687. The number of aromatic amines is 2. The molecule has 0 radical (unpaired) electrons. The number of aryl methyl sites for hydroxylation is 1. The van der Waals surface area contributed by atoms with E-state index in [2.05, 4.69) is 15.0 Å². The molecule has 3 heterocycles. The molecule has 0 aliphatic heterocycles. The summed E-state index contributed by atoms with van der Waals surface area (Å²) >= 11 is 6.46. The zero-order valence-corrected chi connectivity index (χ0v) is 17.5. The minimum atomic E-state index is -1.24. The van der Waals surface area contributed by atoms with Crippen molar-refractivity contribution in [2.24, 2.45) is 0 Å². The molecule has 0 atom stereocenters. The summed E-state index contributed by atoms with van der Waals surface area (Å²) in [5.41, 5.74) is 2.57. The Kier molecular flexibility index (Phi) is 4.60. The van der Waals surface area contributed by atoms with Gasteiger partial charge in [-0.25, -0.2) is 14.2 Å². The van der Waals surface area contributed by atoms with E-state index in [4.69, 9.17) is 11.6 Å². The van der Waals surface area contributed by atoms with E-state index in [0.29, 0.717) is 32.6 Å². The average molecular weight is 451 g/mol. The Morgan fingerprint density at radius 3 is 2.81 bits per heavy atom. The summed E-state index contributed by atoms with van der Waals surface area (Å²) in [6.45, 7) is 1.64. The highest BCUT2D eigenvalue weighted by molar-refractivity contribution is 6.32. The van der Waals surface area contributed by atoms with Gasteiger partial charge in [-0.05, 0) is 54.4 Å². The number of hydrogen-bond acceptors (Lipinski definition) is 3. The number of pyridine rings is 1. The largest absolute Gasteiger partial charge is 0.477 e. The number of fused-ring (bicyclic) bond motifs is 2. The molecule has 0 amide bonds. The predicted octanol–water partition coefficient (Wildman–Crippen LogP) is 4.72. The first-order valence-corrected chi connectivity index (χ1v) is 10.1. The first-order valence-electron chi connectivity index (χ1n) is 9.70. The van der Waals surface area contributed by atoms with E-state index in [1.807, 2.05) is 0 Å². The molecule has 0 spiro atoms. The van der Waals surface area contributed by atoms with Crippen molar-refractivity contribution >= 4 is 39.5 Å². The van der Waals surface area contributed by atoms with Gasteiger partial charge in [-0.3, -0.25) is 4.79 Å². The highest BCUT2D eigenvalue weighted by Crippen LogP contribution is 2.36. The fourth-order valence-corrected chi connectivity index (χ4v) is 4.27. The van der Waals surface area contributed by atoms with Crippen LogP contribution in [0.1, 0.15) is 21.6 Å². The lowest BCUT2D eigenvalue weighted by Gasteiger charge is -2.11. The number of halogens is 2. The number of nitrogens with one attached hydrogen (secondary N) is 2. The first-order chi connectivity index (χ1) is 15.3. The number of carbonyl (C=O) groups is 1. The van der Waals surface area contributed by atoms with Crippen LogP contribution in [0.25, 0.3) is 33.1 Å². The van der Waals surface area contributed by atoms with Gasteiger partial charge in [-0.1, -0.05) is 11.6 Å². The van der Waals surface area contributed by atoms with Crippen LogP contribution in [-0.2, 0) is 6.54 Å². The molecule has 7 nitrogen and oxygen atoms in total. The quantitative estimate of drug-likeness (QED) is 0.368. The fraction of sp³-hybridized carbons (Fsp3) is 0.0870. The fourth-order valence-electron chi connectivity index (χ4n) is 4.05.